The number of rotatable bonds is 5. The predicted octanol–water partition coefficient (Wildman–Crippen LogP) is 4.29. The van der Waals surface area contributed by atoms with Gasteiger partial charge in [-0.3, -0.25) is 0 Å². The van der Waals surface area contributed by atoms with Crippen molar-refractivity contribution in [3.05, 3.63) is 40.1 Å². The summed E-state index contributed by atoms with van der Waals surface area (Å²) in [6.07, 6.45) is 2.46. The van der Waals surface area contributed by atoms with Crippen molar-refractivity contribution in [3.63, 3.8) is 0 Å². The molecule has 0 fully saturated rings. The number of halogens is 1. The van der Waals surface area contributed by atoms with Crippen molar-refractivity contribution in [2.45, 2.75) is 27.2 Å². The molecular weight excluding hydrogens is 316 g/mol. The van der Waals surface area contributed by atoms with Gasteiger partial charge < -0.3 is 10.6 Å². The second-order valence-electron chi connectivity index (χ2n) is 4.52. The molecule has 0 unspecified atom stereocenters. The van der Waals surface area contributed by atoms with Crippen molar-refractivity contribution < 1.29 is 0 Å². The molecule has 2 aromatic rings. The molecule has 0 bridgehead atoms. The Hall–Kier alpha value is -1.62. The molecule has 0 aliphatic carbocycles. The molecule has 0 amide bonds. The van der Waals surface area contributed by atoms with Crippen LogP contribution >= 0.6 is 15.9 Å². The zero-order valence-electron chi connectivity index (χ0n) is 12.0. The van der Waals surface area contributed by atoms with Crippen LogP contribution in [0.2, 0.25) is 0 Å². The Kier molecular flexibility index (Phi) is 4.95. The van der Waals surface area contributed by atoms with Gasteiger partial charge in [-0.15, -0.1) is 0 Å². The van der Waals surface area contributed by atoms with E-state index in [0.29, 0.717) is 0 Å². The van der Waals surface area contributed by atoms with Crippen molar-refractivity contribution >= 4 is 33.3 Å². The Morgan fingerprint density at radius 3 is 2.55 bits per heavy atom. The first-order valence-corrected chi connectivity index (χ1v) is 7.55. The summed E-state index contributed by atoms with van der Waals surface area (Å²) in [7, 11) is 0. The Bertz CT molecular complexity index is 598. The summed E-state index contributed by atoms with van der Waals surface area (Å²) in [5.41, 5.74) is 3.33. The molecule has 1 aromatic heterocycles. The monoisotopic (exact) mass is 334 g/mol. The first-order chi connectivity index (χ1) is 9.65. The van der Waals surface area contributed by atoms with Crippen molar-refractivity contribution in [3.8, 4) is 0 Å². The lowest BCUT2D eigenvalue weighted by Gasteiger charge is -2.14. The van der Waals surface area contributed by atoms with Gasteiger partial charge in [-0.25, -0.2) is 9.97 Å². The second-order valence-corrected chi connectivity index (χ2v) is 5.38. The molecule has 0 saturated heterocycles. The van der Waals surface area contributed by atoms with Crippen molar-refractivity contribution in [1.29, 1.82) is 0 Å². The van der Waals surface area contributed by atoms with Crippen LogP contribution in [0.5, 0.6) is 0 Å². The van der Waals surface area contributed by atoms with Gasteiger partial charge in [0.05, 0.1) is 0 Å². The summed E-state index contributed by atoms with van der Waals surface area (Å²) in [5.74, 6) is 1.76. The molecule has 1 aromatic carbocycles. The minimum atomic E-state index is 0.847. The SMILES string of the molecule is CCNc1ncnc(Nc2ccc(C)c(Br)c2)c1CC. The maximum atomic E-state index is 4.36. The lowest BCUT2D eigenvalue weighted by molar-refractivity contribution is 1.03. The Morgan fingerprint density at radius 2 is 1.90 bits per heavy atom. The largest absolute Gasteiger partial charge is 0.370 e. The molecule has 0 radical (unpaired) electrons. The summed E-state index contributed by atoms with van der Waals surface area (Å²) in [6, 6.07) is 6.18. The molecule has 1 heterocycles. The number of nitrogens with one attached hydrogen (secondary N) is 2. The first kappa shape index (κ1) is 14.8. The normalized spacial score (nSPS) is 10.4. The van der Waals surface area contributed by atoms with E-state index in [1.54, 1.807) is 6.33 Å². The van der Waals surface area contributed by atoms with Gasteiger partial charge in [-0.1, -0.05) is 28.9 Å². The van der Waals surface area contributed by atoms with E-state index in [4.69, 9.17) is 0 Å². The van der Waals surface area contributed by atoms with Crippen molar-refractivity contribution in [2.24, 2.45) is 0 Å². The lowest BCUT2D eigenvalue weighted by Crippen LogP contribution is -2.07. The molecule has 106 valence electrons. The van der Waals surface area contributed by atoms with Gasteiger partial charge in [-0.2, -0.15) is 0 Å². The van der Waals surface area contributed by atoms with E-state index in [1.165, 1.54) is 5.56 Å². The fourth-order valence-electron chi connectivity index (χ4n) is 1.98. The topological polar surface area (TPSA) is 49.8 Å². The number of hydrogen-bond acceptors (Lipinski definition) is 4. The number of aromatic nitrogens is 2. The molecule has 5 heteroatoms. The highest BCUT2D eigenvalue weighted by atomic mass is 79.9. The van der Waals surface area contributed by atoms with E-state index in [2.05, 4.69) is 75.5 Å². The van der Waals surface area contributed by atoms with E-state index in [9.17, 15) is 0 Å². The summed E-state index contributed by atoms with van der Waals surface area (Å²) < 4.78 is 1.08. The van der Waals surface area contributed by atoms with E-state index in [-0.39, 0.29) is 0 Å². The number of nitrogens with zero attached hydrogens (tertiary/aromatic N) is 2. The quantitative estimate of drug-likeness (QED) is 0.856. The minimum Gasteiger partial charge on any atom is -0.370 e. The summed E-state index contributed by atoms with van der Waals surface area (Å²) in [4.78, 5) is 8.66. The van der Waals surface area contributed by atoms with Crippen LogP contribution in [0.15, 0.2) is 29.0 Å². The third-order valence-electron chi connectivity index (χ3n) is 3.08. The van der Waals surface area contributed by atoms with Gasteiger partial charge in [-0.05, 0) is 38.0 Å². The molecule has 4 nitrogen and oxygen atoms in total. The number of aryl methyl sites for hydroxylation is 1. The average Bonchev–Trinajstić information content (AvgIpc) is 2.44. The molecule has 0 atom stereocenters. The molecule has 0 saturated carbocycles. The summed E-state index contributed by atoms with van der Waals surface area (Å²) in [6.45, 7) is 7.08. The van der Waals surface area contributed by atoms with Crippen LogP contribution < -0.4 is 10.6 Å². The minimum absolute atomic E-state index is 0.847. The Balaban J connectivity index is 2.32. The van der Waals surface area contributed by atoms with Gasteiger partial charge in [0, 0.05) is 22.3 Å². The van der Waals surface area contributed by atoms with E-state index in [0.717, 1.165) is 40.3 Å². The van der Waals surface area contributed by atoms with Gasteiger partial charge >= 0.3 is 0 Å². The van der Waals surface area contributed by atoms with Crippen LogP contribution in [0.3, 0.4) is 0 Å². The highest BCUT2D eigenvalue weighted by molar-refractivity contribution is 9.10. The summed E-state index contributed by atoms with van der Waals surface area (Å²) in [5, 5.41) is 6.64. The van der Waals surface area contributed by atoms with E-state index >= 15 is 0 Å². The number of anilines is 3. The molecule has 0 aliphatic heterocycles. The predicted molar refractivity (Wildman–Crippen MR) is 87.7 cm³/mol. The standard InChI is InChI=1S/C15H19BrN4/c1-4-12-14(17-5-2)18-9-19-15(12)20-11-7-6-10(3)13(16)8-11/h6-9H,4-5H2,1-3H3,(H2,17,18,19,20). The van der Waals surface area contributed by atoms with Crippen molar-refractivity contribution in [1.82, 2.24) is 9.97 Å². The molecule has 0 aliphatic rings. The number of hydrogen-bond donors (Lipinski definition) is 2. The van der Waals surface area contributed by atoms with Crippen LogP contribution in [0.4, 0.5) is 17.3 Å². The van der Waals surface area contributed by atoms with Gasteiger partial charge in [0.1, 0.15) is 18.0 Å². The Morgan fingerprint density at radius 1 is 1.15 bits per heavy atom. The molecule has 0 spiro atoms. The smallest absolute Gasteiger partial charge is 0.139 e. The molecule has 2 N–H and O–H groups in total. The zero-order chi connectivity index (χ0) is 14.5. The zero-order valence-corrected chi connectivity index (χ0v) is 13.6. The van der Waals surface area contributed by atoms with E-state index < -0.39 is 0 Å². The third kappa shape index (κ3) is 3.28. The third-order valence-corrected chi connectivity index (χ3v) is 3.93. The van der Waals surface area contributed by atoms with Crippen LogP contribution in [-0.2, 0) is 6.42 Å². The molecule has 20 heavy (non-hydrogen) atoms. The molecule has 2 rings (SSSR count). The van der Waals surface area contributed by atoms with Gasteiger partial charge in [0.15, 0.2) is 0 Å². The fourth-order valence-corrected chi connectivity index (χ4v) is 2.36. The average molecular weight is 335 g/mol. The van der Waals surface area contributed by atoms with Crippen LogP contribution in [0, 0.1) is 6.92 Å². The lowest BCUT2D eigenvalue weighted by atomic mass is 10.2. The van der Waals surface area contributed by atoms with E-state index in [1.807, 2.05) is 0 Å². The van der Waals surface area contributed by atoms with Crippen LogP contribution in [0.1, 0.15) is 25.0 Å². The maximum Gasteiger partial charge on any atom is 0.139 e. The molecular formula is C15H19BrN4. The van der Waals surface area contributed by atoms with Gasteiger partial charge in [0.2, 0.25) is 0 Å². The highest BCUT2D eigenvalue weighted by Crippen LogP contribution is 2.26. The maximum absolute atomic E-state index is 4.36. The summed E-state index contributed by atoms with van der Waals surface area (Å²) >= 11 is 3.55. The highest BCUT2D eigenvalue weighted by Gasteiger charge is 2.09. The van der Waals surface area contributed by atoms with Gasteiger partial charge in [0.25, 0.3) is 0 Å². The fraction of sp³-hybridized carbons (Fsp3) is 0.333. The van der Waals surface area contributed by atoms with Crippen LogP contribution in [-0.4, -0.2) is 16.5 Å². The number of benzene rings is 1. The van der Waals surface area contributed by atoms with Crippen molar-refractivity contribution in [2.75, 3.05) is 17.2 Å². The second kappa shape index (κ2) is 6.70. The van der Waals surface area contributed by atoms with Crippen LogP contribution in [0.25, 0.3) is 0 Å². The Labute approximate surface area is 128 Å². The first-order valence-electron chi connectivity index (χ1n) is 6.76.